The van der Waals surface area contributed by atoms with Crippen molar-refractivity contribution in [3.8, 4) is 0 Å². The van der Waals surface area contributed by atoms with Crippen molar-refractivity contribution in [1.82, 2.24) is 9.78 Å². The fourth-order valence-corrected chi connectivity index (χ4v) is 2.63. The van der Waals surface area contributed by atoms with Gasteiger partial charge in [0.15, 0.2) is 0 Å². The summed E-state index contributed by atoms with van der Waals surface area (Å²) >= 11 is 0. The molecule has 1 saturated heterocycles. The van der Waals surface area contributed by atoms with Gasteiger partial charge in [-0.15, -0.1) is 0 Å². The number of aromatic nitrogens is 2. The third-order valence-corrected chi connectivity index (χ3v) is 4.11. The second-order valence-electron chi connectivity index (χ2n) is 6.35. The standard InChI is InChI=1S/C14H24N4O3/c1-10(2)17-13(12(18(19)20)11(3)16-17)15-9-14(4)5-7-21-8-6-14/h10,15H,5-9H2,1-4H3. The molecule has 0 unspecified atom stereocenters. The average Bonchev–Trinajstić information content (AvgIpc) is 2.74. The second kappa shape index (κ2) is 6.01. The Balaban J connectivity index is 2.23. The summed E-state index contributed by atoms with van der Waals surface area (Å²) in [5.41, 5.74) is 0.638. The maximum absolute atomic E-state index is 11.3. The number of ether oxygens (including phenoxy) is 1. The van der Waals surface area contributed by atoms with E-state index in [4.69, 9.17) is 4.74 Å². The van der Waals surface area contributed by atoms with Gasteiger partial charge in [-0.1, -0.05) is 6.92 Å². The Morgan fingerprint density at radius 3 is 2.62 bits per heavy atom. The second-order valence-corrected chi connectivity index (χ2v) is 6.35. The first-order valence-electron chi connectivity index (χ1n) is 7.39. The van der Waals surface area contributed by atoms with Crippen molar-refractivity contribution in [2.45, 2.75) is 46.6 Å². The summed E-state index contributed by atoms with van der Waals surface area (Å²) in [6.45, 7) is 10.0. The Hall–Kier alpha value is -1.63. The molecule has 0 aliphatic carbocycles. The van der Waals surface area contributed by atoms with E-state index in [1.54, 1.807) is 11.6 Å². The molecule has 0 saturated carbocycles. The van der Waals surface area contributed by atoms with Crippen molar-refractivity contribution >= 4 is 11.5 Å². The first kappa shape index (κ1) is 15.8. The minimum absolute atomic E-state index is 0.0717. The summed E-state index contributed by atoms with van der Waals surface area (Å²) in [4.78, 5) is 11.0. The molecule has 1 aliphatic rings. The number of rotatable bonds is 5. The summed E-state index contributed by atoms with van der Waals surface area (Å²) in [5, 5.41) is 18.9. The Labute approximate surface area is 124 Å². The SMILES string of the molecule is Cc1nn(C(C)C)c(NCC2(C)CCOCC2)c1[N+](=O)[O-]. The lowest BCUT2D eigenvalue weighted by atomic mass is 9.82. The zero-order chi connectivity index (χ0) is 15.6. The Kier molecular flexibility index (Phi) is 4.51. The molecule has 7 heteroatoms. The number of hydrogen-bond acceptors (Lipinski definition) is 5. The van der Waals surface area contributed by atoms with Gasteiger partial charge in [-0.2, -0.15) is 5.10 Å². The van der Waals surface area contributed by atoms with Gasteiger partial charge in [0.2, 0.25) is 5.82 Å². The van der Waals surface area contributed by atoms with Crippen molar-refractivity contribution < 1.29 is 9.66 Å². The Morgan fingerprint density at radius 1 is 1.48 bits per heavy atom. The quantitative estimate of drug-likeness (QED) is 0.667. The summed E-state index contributed by atoms with van der Waals surface area (Å²) in [6, 6.07) is 0.0717. The highest BCUT2D eigenvalue weighted by molar-refractivity contribution is 5.59. The lowest BCUT2D eigenvalue weighted by Gasteiger charge is -2.33. The molecular formula is C14H24N4O3. The van der Waals surface area contributed by atoms with Crippen molar-refractivity contribution in [2.75, 3.05) is 25.1 Å². The van der Waals surface area contributed by atoms with Gasteiger partial charge in [-0.3, -0.25) is 10.1 Å². The number of nitrogens with zero attached hydrogens (tertiary/aromatic N) is 3. The molecule has 2 rings (SSSR count). The van der Waals surface area contributed by atoms with Crippen LogP contribution in [0.5, 0.6) is 0 Å². The van der Waals surface area contributed by atoms with E-state index >= 15 is 0 Å². The molecule has 0 aromatic carbocycles. The smallest absolute Gasteiger partial charge is 0.333 e. The minimum Gasteiger partial charge on any atom is -0.381 e. The highest BCUT2D eigenvalue weighted by Crippen LogP contribution is 2.34. The molecule has 1 aromatic heterocycles. The van der Waals surface area contributed by atoms with E-state index in [-0.39, 0.29) is 22.1 Å². The fourth-order valence-electron chi connectivity index (χ4n) is 2.63. The molecule has 0 radical (unpaired) electrons. The first-order valence-corrected chi connectivity index (χ1v) is 7.39. The molecule has 1 aliphatic heterocycles. The fraction of sp³-hybridized carbons (Fsp3) is 0.786. The van der Waals surface area contributed by atoms with E-state index < -0.39 is 0 Å². The van der Waals surface area contributed by atoms with Crippen LogP contribution in [0.25, 0.3) is 0 Å². The van der Waals surface area contributed by atoms with Gasteiger partial charge < -0.3 is 10.1 Å². The maximum atomic E-state index is 11.3. The Morgan fingerprint density at radius 2 is 2.10 bits per heavy atom. The van der Waals surface area contributed by atoms with Gasteiger partial charge in [-0.05, 0) is 39.0 Å². The van der Waals surface area contributed by atoms with Gasteiger partial charge in [-0.25, -0.2) is 4.68 Å². The van der Waals surface area contributed by atoms with Crippen LogP contribution in [0.4, 0.5) is 11.5 Å². The average molecular weight is 296 g/mol. The summed E-state index contributed by atoms with van der Waals surface area (Å²) in [6.07, 6.45) is 1.92. The largest absolute Gasteiger partial charge is 0.381 e. The number of hydrogen-bond donors (Lipinski definition) is 1. The van der Waals surface area contributed by atoms with E-state index in [0.717, 1.165) is 26.1 Å². The third kappa shape index (κ3) is 3.34. The van der Waals surface area contributed by atoms with Crippen molar-refractivity contribution in [1.29, 1.82) is 0 Å². The predicted molar refractivity (Wildman–Crippen MR) is 80.7 cm³/mol. The zero-order valence-corrected chi connectivity index (χ0v) is 13.2. The van der Waals surface area contributed by atoms with Crippen LogP contribution in [-0.4, -0.2) is 34.5 Å². The summed E-state index contributed by atoms with van der Waals surface area (Å²) in [5.74, 6) is 0.514. The van der Waals surface area contributed by atoms with E-state index in [1.807, 2.05) is 13.8 Å². The molecule has 1 aromatic rings. The van der Waals surface area contributed by atoms with Crippen molar-refractivity contribution in [3.63, 3.8) is 0 Å². The van der Waals surface area contributed by atoms with Gasteiger partial charge >= 0.3 is 5.69 Å². The lowest BCUT2D eigenvalue weighted by Crippen LogP contribution is -2.33. The molecular weight excluding hydrogens is 272 g/mol. The van der Waals surface area contributed by atoms with E-state index in [2.05, 4.69) is 17.3 Å². The van der Waals surface area contributed by atoms with Crippen molar-refractivity contribution in [3.05, 3.63) is 15.8 Å². The zero-order valence-electron chi connectivity index (χ0n) is 13.2. The molecule has 2 heterocycles. The van der Waals surface area contributed by atoms with Gasteiger partial charge in [0.25, 0.3) is 0 Å². The van der Waals surface area contributed by atoms with Gasteiger partial charge in [0, 0.05) is 25.8 Å². The highest BCUT2D eigenvalue weighted by Gasteiger charge is 2.31. The minimum atomic E-state index is -0.351. The molecule has 0 atom stereocenters. The normalized spacial score (nSPS) is 18.0. The first-order chi connectivity index (χ1) is 9.84. The molecule has 21 heavy (non-hydrogen) atoms. The topological polar surface area (TPSA) is 82.2 Å². The van der Waals surface area contributed by atoms with Crippen LogP contribution >= 0.6 is 0 Å². The monoisotopic (exact) mass is 296 g/mol. The van der Waals surface area contributed by atoms with E-state index in [0.29, 0.717) is 18.1 Å². The molecule has 0 spiro atoms. The van der Waals surface area contributed by atoms with Crippen LogP contribution in [0.3, 0.4) is 0 Å². The maximum Gasteiger partial charge on any atom is 0.333 e. The van der Waals surface area contributed by atoms with Crippen molar-refractivity contribution in [2.24, 2.45) is 5.41 Å². The number of nitro groups is 1. The highest BCUT2D eigenvalue weighted by atomic mass is 16.6. The van der Waals surface area contributed by atoms with Crippen LogP contribution in [0.15, 0.2) is 0 Å². The summed E-state index contributed by atoms with van der Waals surface area (Å²) in [7, 11) is 0. The van der Waals surface area contributed by atoms with Crippen LogP contribution in [0.2, 0.25) is 0 Å². The van der Waals surface area contributed by atoms with Crippen LogP contribution in [-0.2, 0) is 4.74 Å². The van der Waals surface area contributed by atoms with Gasteiger partial charge in [0.1, 0.15) is 5.69 Å². The number of aryl methyl sites for hydroxylation is 1. The van der Waals surface area contributed by atoms with E-state index in [1.165, 1.54) is 0 Å². The predicted octanol–water partition coefficient (Wildman–Crippen LogP) is 2.91. The molecule has 1 fully saturated rings. The lowest BCUT2D eigenvalue weighted by molar-refractivity contribution is -0.384. The van der Waals surface area contributed by atoms with Gasteiger partial charge in [0.05, 0.1) is 4.92 Å². The molecule has 7 nitrogen and oxygen atoms in total. The molecule has 0 bridgehead atoms. The van der Waals surface area contributed by atoms with Crippen LogP contribution in [0, 0.1) is 22.5 Å². The molecule has 0 amide bonds. The summed E-state index contributed by atoms with van der Waals surface area (Å²) < 4.78 is 7.10. The number of nitrogens with one attached hydrogen (secondary N) is 1. The number of anilines is 1. The molecule has 1 N–H and O–H groups in total. The van der Waals surface area contributed by atoms with E-state index in [9.17, 15) is 10.1 Å². The third-order valence-electron chi connectivity index (χ3n) is 4.11. The van der Waals surface area contributed by atoms with Crippen LogP contribution < -0.4 is 5.32 Å². The molecule has 118 valence electrons. The van der Waals surface area contributed by atoms with Crippen LogP contribution in [0.1, 0.15) is 45.3 Å². The Bertz CT molecular complexity index is 519.